The predicted octanol–water partition coefficient (Wildman–Crippen LogP) is 2.16. The van der Waals surface area contributed by atoms with E-state index in [1.165, 1.54) is 6.20 Å². The zero-order chi connectivity index (χ0) is 17.3. The van der Waals surface area contributed by atoms with Crippen molar-refractivity contribution < 1.29 is 4.79 Å². The van der Waals surface area contributed by atoms with E-state index < -0.39 is 0 Å². The van der Waals surface area contributed by atoms with Crippen molar-refractivity contribution in [3.05, 3.63) is 63.7 Å². The summed E-state index contributed by atoms with van der Waals surface area (Å²) in [6.45, 7) is 6.30. The maximum Gasteiger partial charge on any atom is 0.257 e. The summed E-state index contributed by atoms with van der Waals surface area (Å²) < 4.78 is 1.74. The lowest BCUT2D eigenvalue weighted by Gasteiger charge is -2.14. The first kappa shape index (κ1) is 16.0. The number of carbonyl (C=O) groups excluding carboxylic acids is 1. The second kappa shape index (κ2) is 6.31. The molecule has 0 bridgehead atoms. The molecule has 0 spiro atoms. The molecular weight excluding hydrogens is 304 g/mol. The highest BCUT2D eigenvalue weighted by Gasteiger charge is 2.16. The molecule has 1 unspecified atom stereocenters. The van der Waals surface area contributed by atoms with Crippen LogP contribution < -0.4 is 10.7 Å². The van der Waals surface area contributed by atoms with Crippen molar-refractivity contribution >= 4 is 16.8 Å². The molecule has 1 atom stereocenters. The van der Waals surface area contributed by atoms with E-state index in [1.807, 2.05) is 45.2 Å². The minimum absolute atomic E-state index is 0.125. The Morgan fingerprint density at radius 1 is 1.38 bits per heavy atom. The van der Waals surface area contributed by atoms with Crippen LogP contribution in [0.1, 0.15) is 28.4 Å². The molecule has 2 aromatic heterocycles. The highest BCUT2D eigenvalue weighted by molar-refractivity contribution is 5.97. The van der Waals surface area contributed by atoms with Crippen LogP contribution in [0.15, 0.2) is 41.6 Å². The Hall–Kier alpha value is -2.89. The quantitative estimate of drug-likeness (QED) is 0.772. The van der Waals surface area contributed by atoms with Crippen LogP contribution >= 0.6 is 0 Å². The lowest BCUT2D eigenvalue weighted by Crippen LogP contribution is -2.38. The number of carbonyl (C=O) groups is 1. The van der Waals surface area contributed by atoms with E-state index in [4.69, 9.17) is 0 Å². The smallest absolute Gasteiger partial charge is 0.257 e. The number of aromatic nitrogens is 3. The molecule has 0 aliphatic rings. The first-order valence-corrected chi connectivity index (χ1v) is 7.86. The van der Waals surface area contributed by atoms with Gasteiger partial charge in [0.15, 0.2) is 0 Å². The Kier molecular flexibility index (Phi) is 4.20. The Balaban J connectivity index is 1.87. The molecule has 0 fully saturated rings. The zero-order valence-corrected chi connectivity index (χ0v) is 14.0. The van der Waals surface area contributed by atoms with E-state index in [-0.39, 0.29) is 22.9 Å². The number of pyridine rings is 1. The molecular formula is C18H20N4O2. The van der Waals surface area contributed by atoms with Gasteiger partial charge < -0.3 is 10.3 Å². The fourth-order valence-corrected chi connectivity index (χ4v) is 2.90. The van der Waals surface area contributed by atoms with Crippen LogP contribution in [0, 0.1) is 13.8 Å². The third-order valence-corrected chi connectivity index (χ3v) is 3.97. The van der Waals surface area contributed by atoms with Crippen LogP contribution in [-0.2, 0) is 6.54 Å². The van der Waals surface area contributed by atoms with Gasteiger partial charge >= 0.3 is 0 Å². The first-order chi connectivity index (χ1) is 11.5. The number of aryl methyl sites for hydroxylation is 2. The number of hydrogen-bond acceptors (Lipinski definition) is 3. The van der Waals surface area contributed by atoms with Crippen LogP contribution in [0.5, 0.6) is 0 Å². The summed E-state index contributed by atoms with van der Waals surface area (Å²) in [4.78, 5) is 28.2. The molecule has 124 valence electrons. The molecule has 0 aliphatic heterocycles. The van der Waals surface area contributed by atoms with Crippen LogP contribution in [0.25, 0.3) is 10.9 Å². The van der Waals surface area contributed by atoms with Crippen molar-refractivity contribution in [2.45, 2.75) is 33.4 Å². The number of nitrogens with one attached hydrogen (secondary N) is 2. The van der Waals surface area contributed by atoms with Gasteiger partial charge in [-0.1, -0.05) is 6.07 Å². The number of amides is 1. The summed E-state index contributed by atoms with van der Waals surface area (Å²) in [5.74, 6) is -0.378. The molecule has 6 heteroatoms. The van der Waals surface area contributed by atoms with Crippen LogP contribution in [0.4, 0.5) is 0 Å². The van der Waals surface area contributed by atoms with Gasteiger partial charge in [0.1, 0.15) is 5.56 Å². The van der Waals surface area contributed by atoms with Crippen molar-refractivity contribution in [1.29, 1.82) is 0 Å². The first-order valence-electron chi connectivity index (χ1n) is 7.86. The minimum Gasteiger partial charge on any atom is -0.360 e. The van der Waals surface area contributed by atoms with E-state index in [1.54, 1.807) is 10.9 Å². The summed E-state index contributed by atoms with van der Waals surface area (Å²) in [7, 11) is 0. The fourth-order valence-electron chi connectivity index (χ4n) is 2.90. The van der Waals surface area contributed by atoms with Crippen molar-refractivity contribution in [3.8, 4) is 0 Å². The van der Waals surface area contributed by atoms with E-state index >= 15 is 0 Å². The SMILES string of the molecule is Cc1cc(C)c2[nH]cc(C(=O)NC(C)Cn3cccn3)c(=O)c2c1. The van der Waals surface area contributed by atoms with Gasteiger partial charge in [-0.25, -0.2) is 0 Å². The van der Waals surface area contributed by atoms with Gasteiger partial charge in [-0.05, 0) is 44.0 Å². The normalized spacial score (nSPS) is 12.3. The Morgan fingerprint density at radius 2 is 2.17 bits per heavy atom. The standard InChI is InChI=1S/C18H20N4O2/c1-11-7-12(2)16-14(8-11)17(23)15(9-19-16)18(24)21-13(3)10-22-6-4-5-20-22/h4-9,13H,10H2,1-3H3,(H,19,23)(H,21,24). The molecule has 3 aromatic rings. The number of aromatic amines is 1. The van der Waals surface area contributed by atoms with Crippen molar-refractivity contribution in [3.63, 3.8) is 0 Å². The number of H-pyrrole nitrogens is 1. The van der Waals surface area contributed by atoms with Gasteiger partial charge in [-0.3, -0.25) is 14.3 Å². The number of nitrogens with zero attached hydrogens (tertiary/aromatic N) is 2. The monoisotopic (exact) mass is 324 g/mol. The maximum absolute atomic E-state index is 12.7. The van der Waals surface area contributed by atoms with E-state index in [0.717, 1.165) is 16.6 Å². The van der Waals surface area contributed by atoms with Crippen LogP contribution in [0.2, 0.25) is 0 Å². The largest absolute Gasteiger partial charge is 0.360 e. The number of fused-ring (bicyclic) bond motifs is 1. The third kappa shape index (κ3) is 3.08. The molecule has 0 saturated carbocycles. The van der Waals surface area contributed by atoms with Gasteiger partial charge in [-0.2, -0.15) is 5.10 Å². The Morgan fingerprint density at radius 3 is 2.88 bits per heavy atom. The third-order valence-electron chi connectivity index (χ3n) is 3.97. The summed E-state index contributed by atoms with van der Waals surface area (Å²) in [6.07, 6.45) is 5.01. The molecule has 0 saturated heterocycles. The summed E-state index contributed by atoms with van der Waals surface area (Å²) in [5, 5.41) is 7.50. The van der Waals surface area contributed by atoms with Gasteiger partial charge in [0.05, 0.1) is 12.1 Å². The van der Waals surface area contributed by atoms with Gasteiger partial charge in [0.2, 0.25) is 5.43 Å². The minimum atomic E-state index is -0.378. The predicted molar refractivity (Wildman–Crippen MR) is 93.2 cm³/mol. The molecule has 3 rings (SSSR count). The van der Waals surface area contributed by atoms with E-state index in [0.29, 0.717) is 11.9 Å². The fraction of sp³-hybridized carbons (Fsp3) is 0.278. The van der Waals surface area contributed by atoms with Crippen molar-refractivity contribution in [2.24, 2.45) is 0 Å². The van der Waals surface area contributed by atoms with Gasteiger partial charge in [0.25, 0.3) is 5.91 Å². The lowest BCUT2D eigenvalue weighted by atomic mass is 10.0. The number of hydrogen-bond donors (Lipinski definition) is 2. The number of rotatable bonds is 4. The van der Waals surface area contributed by atoms with E-state index in [9.17, 15) is 9.59 Å². The van der Waals surface area contributed by atoms with Crippen LogP contribution in [0.3, 0.4) is 0 Å². The topological polar surface area (TPSA) is 79.8 Å². The molecule has 1 aromatic carbocycles. The maximum atomic E-state index is 12.7. The van der Waals surface area contributed by atoms with Crippen molar-refractivity contribution in [2.75, 3.05) is 0 Å². The molecule has 1 amide bonds. The molecule has 24 heavy (non-hydrogen) atoms. The molecule has 0 aliphatic carbocycles. The Bertz CT molecular complexity index is 942. The second-order valence-corrected chi connectivity index (χ2v) is 6.14. The summed E-state index contributed by atoms with van der Waals surface area (Å²) >= 11 is 0. The molecule has 0 radical (unpaired) electrons. The van der Waals surface area contributed by atoms with Gasteiger partial charge in [-0.15, -0.1) is 0 Å². The molecule has 6 nitrogen and oxygen atoms in total. The average molecular weight is 324 g/mol. The molecule has 2 N–H and O–H groups in total. The lowest BCUT2D eigenvalue weighted by molar-refractivity contribution is 0.0935. The average Bonchev–Trinajstić information content (AvgIpc) is 3.00. The number of benzene rings is 1. The van der Waals surface area contributed by atoms with Crippen molar-refractivity contribution in [1.82, 2.24) is 20.1 Å². The summed E-state index contributed by atoms with van der Waals surface area (Å²) in [5.41, 5.74) is 2.63. The molecule has 2 heterocycles. The van der Waals surface area contributed by atoms with Gasteiger partial charge in [0, 0.05) is 30.0 Å². The second-order valence-electron chi connectivity index (χ2n) is 6.14. The summed E-state index contributed by atoms with van der Waals surface area (Å²) in [6, 6.07) is 5.49. The highest BCUT2D eigenvalue weighted by Crippen LogP contribution is 2.15. The Labute approximate surface area is 139 Å². The van der Waals surface area contributed by atoms with Crippen LogP contribution in [-0.4, -0.2) is 26.7 Å². The van der Waals surface area contributed by atoms with E-state index in [2.05, 4.69) is 15.4 Å². The highest BCUT2D eigenvalue weighted by atomic mass is 16.2. The zero-order valence-electron chi connectivity index (χ0n) is 14.0.